The molecule has 1 aliphatic rings. The molecule has 0 saturated heterocycles. The number of hydrogen-bond acceptors (Lipinski definition) is 1. The van der Waals surface area contributed by atoms with Crippen molar-refractivity contribution in [3.05, 3.63) is 48.6 Å². The van der Waals surface area contributed by atoms with Gasteiger partial charge in [-0.15, -0.1) is 6.58 Å². The molecule has 2 rings (SSSR count). The molecule has 78 valence electrons. The van der Waals surface area contributed by atoms with Crippen molar-refractivity contribution in [1.29, 1.82) is 0 Å². The number of ketones is 1. The molecule has 1 fully saturated rings. The highest BCUT2D eigenvalue weighted by molar-refractivity contribution is 5.97. The molecule has 1 aliphatic carbocycles. The van der Waals surface area contributed by atoms with Crippen LogP contribution in [0.3, 0.4) is 0 Å². The van der Waals surface area contributed by atoms with Crippen LogP contribution in [0.25, 0.3) is 0 Å². The van der Waals surface area contributed by atoms with Gasteiger partial charge in [0.05, 0.1) is 5.41 Å². The smallest absolute Gasteiger partial charge is 0.146 e. The molecule has 1 aromatic carbocycles. The minimum atomic E-state index is -0.261. The Hall–Kier alpha value is -1.37. The minimum absolute atomic E-state index is 0.213. The van der Waals surface area contributed by atoms with Gasteiger partial charge in [-0.3, -0.25) is 4.79 Å². The van der Waals surface area contributed by atoms with Gasteiger partial charge < -0.3 is 0 Å². The van der Waals surface area contributed by atoms with E-state index in [4.69, 9.17) is 0 Å². The fraction of sp³-hybridized carbons (Fsp3) is 0.357. The standard InChI is InChI=1S/C14H16O/c1-3-9-14(10-11(2)13(14)15)12-7-5-4-6-8-12/h3-8,11H,1,9-10H2,2H3/t11-,14-/m1/s1. The Labute approximate surface area is 90.8 Å². The van der Waals surface area contributed by atoms with Gasteiger partial charge in [-0.2, -0.15) is 0 Å². The second-order valence-corrected chi connectivity index (χ2v) is 4.41. The van der Waals surface area contributed by atoms with Crippen molar-refractivity contribution in [2.75, 3.05) is 0 Å². The lowest BCUT2D eigenvalue weighted by Gasteiger charge is -2.44. The van der Waals surface area contributed by atoms with Crippen LogP contribution in [0.4, 0.5) is 0 Å². The normalized spacial score (nSPS) is 29.7. The average Bonchev–Trinajstić information content (AvgIpc) is 2.29. The highest BCUT2D eigenvalue weighted by Crippen LogP contribution is 2.46. The van der Waals surface area contributed by atoms with Gasteiger partial charge in [0.1, 0.15) is 5.78 Å². The Morgan fingerprint density at radius 3 is 2.60 bits per heavy atom. The Kier molecular flexibility index (Phi) is 2.47. The third-order valence-corrected chi connectivity index (χ3v) is 3.39. The van der Waals surface area contributed by atoms with Gasteiger partial charge in [-0.05, 0) is 18.4 Å². The van der Waals surface area contributed by atoms with E-state index < -0.39 is 0 Å². The highest BCUT2D eigenvalue weighted by Gasteiger charge is 2.50. The molecule has 1 nitrogen and oxygen atoms in total. The van der Waals surface area contributed by atoms with Crippen molar-refractivity contribution in [2.24, 2.45) is 5.92 Å². The molecule has 2 atom stereocenters. The van der Waals surface area contributed by atoms with E-state index in [-0.39, 0.29) is 11.3 Å². The van der Waals surface area contributed by atoms with Gasteiger partial charge in [0.2, 0.25) is 0 Å². The quantitative estimate of drug-likeness (QED) is 0.685. The van der Waals surface area contributed by atoms with Crippen LogP contribution >= 0.6 is 0 Å². The van der Waals surface area contributed by atoms with Crippen molar-refractivity contribution in [1.82, 2.24) is 0 Å². The molecule has 0 heterocycles. The van der Waals surface area contributed by atoms with Crippen LogP contribution in [0, 0.1) is 5.92 Å². The van der Waals surface area contributed by atoms with E-state index in [9.17, 15) is 4.79 Å². The first-order chi connectivity index (χ1) is 7.20. The van der Waals surface area contributed by atoms with E-state index in [0.29, 0.717) is 5.78 Å². The summed E-state index contributed by atoms with van der Waals surface area (Å²) in [6, 6.07) is 10.1. The van der Waals surface area contributed by atoms with Crippen LogP contribution in [0.2, 0.25) is 0 Å². The fourth-order valence-corrected chi connectivity index (χ4v) is 2.62. The Bertz CT molecular complexity index is 380. The molecule has 0 N–H and O–H groups in total. The zero-order valence-electron chi connectivity index (χ0n) is 9.07. The number of benzene rings is 1. The minimum Gasteiger partial charge on any atom is -0.298 e. The largest absolute Gasteiger partial charge is 0.298 e. The summed E-state index contributed by atoms with van der Waals surface area (Å²) in [6.07, 6.45) is 3.58. The predicted octanol–water partition coefficient (Wildman–Crippen LogP) is 3.11. The maximum absolute atomic E-state index is 12.0. The lowest BCUT2D eigenvalue weighted by molar-refractivity contribution is -0.137. The fourth-order valence-electron chi connectivity index (χ4n) is 2.62. The number of Topliss-reactive ketones (excluding diaryl/α,β-unsaturated/α-hetero) is 1. The van der Waals surface area contributed by atoms with E-state index >= 15 is 0 Å². The van der Waals surface area contributed by atoms with Gasteiger partial charge in [0.25, 0.3) is 0 Å². The van der Waals surface area contributed by atoms with Gasteiger partial charge in [0.15, 0.2) is 0 Å². The predicted molar refractivity (Wildman–Crippen MR) is 61.7 cm³/mol. The lowest BCUT2D eigenvalue weighted by atomic mass is 9.56. The van der Waals surface area contributed by atoms with Crippen LogP contribution in [-0.4, -0.2) is 5.78 Å². The van der Waals surface area contributed by atoms with Crippen LogP contribution in [0.15, 0.2) is 43.0 Å². The molecular formula is C14H16O. The number of hydrogen-bond donors (Lipinski definition) is 0. The molecule has 0 aliphatic heterocycles. The first-order valence-corrected chi connectivity index (χ1v) is 5.41. The maximum Gasteiger partial charge on any atom is 0.146 e. The van der Waals surface area contributed by atoms with Crippen molar-refractivity contribution in [3.8, 4) is 0 Å². The van der Waals surface area contributed by atoms with Gasteiger partial charge >= 0.3 is 0 Å². The van der Waals surface area contributed by atoms with Crippen LogP contribution in [0.1, 0.15) is 25.3 Å². The first kappa shape index (κ1) is 10.2. The molecule has 0 spiro atoms. The molecule has 1 heteroatoms. The molecule has 0 aromatic heterocycles. The summed E-state index contributed by atoms with van der Waals surface area (Å²) in [4.78, 5) is 12.0. The van der Waals surface area contributed by atoms with Gasteiger partial charge in [-0.1, -0.05) is 43.3 Å². The molecule has 1 saturated carbocycles. The number of allylic oxidation sites excluding steroid dienone is 1. The van der Waals surface area contributed by atoms with E-state index in [0.717, 1.165) is 18.4 Å². The summed E-state index contributed by atoms with van der Waals surface area (Å²) < 4.78 is 0. The van der Waals surface area contributed by atoms with E-state index in [1.807, 2.05) is 43.3 Å². The lowest BCUT2D eigenvalue weighted by Crippen LogP contribution is -2.50. The van der Waals surface area contributed by atoms with Crippen molar-refractivity contribution >= 4 is 5.78 Å². The summed E-state index contributed by atoms with van der Waals surface area (Å²) in [5.41, 5.74) is 0.885. The van der Waals surface area contributed by atoms with Crippen LogP contribution in [0.5, 0.6) is 0 Å². The van der Waals surface area contributed by atoms with E-state index in [1.165, 1.54) is 0 Å². The molecule has 1 aromatic rings. The second kappa shape index (κ2) is 3.65. The maximum atomic E-state index is 12.0. The Morgan fingerprint density at radius 2 is 2.13 bits per heavy atom. The SMILES string of the molecule is C=CC[C@]1(c2ccccc2)C[C@@H](C)C1=O. The first-order valence-electron chi connectivity index (χ1n) is 5.41. The molecule has 0 amide bonds. The summed E-state index contributed by atoms with van der Waals surface area (Å²) in [5.74, 6) is 0.582. The molecule has 0 unspecified atom stereocenters. The average molecular weight is 200 g/mol. The monoisotopic (exact) mass is 200 g/mol. The number of rotatable bonds is 3. The van der Waals surface area contributed by atoms with Crippen molar-refractivity contribution < 1.29 is 4.79 Å². The molecular weight excluding hydrogens is 184 g/mol. The van der Waals surface area contributed by atoms with Gasteiger partial charge in [-0.25, -0.2) is 0 Å². The van der Waals surface area contributed by atoms with Gasteiger partial charge in [0, 0.05) is 5.92 Å². The summed E-state index contributed by atoms with van der Waals surface area (Å²) in [5, 5.41) is 0. The van der Waals surface area contributed by atoms with E-state index in [1.54, 1.807) is 0 Å². The second-order valence-electron chi connectivity index (χ2n) is 4.41. The third kappa shape index (κ3) is 1.43. The summed E-state index contributed by atoms with van der Waals surface area (Å²) in [7, 11) is 0. The highest BCUT2D eigenvalue weighted by atomic mass is 16.1. The summed E-state index contributed by atoms with van der Waals surface area (Å²) in [6.45, 7) is 5.77. The Balaban J connectivity index is 2.37. The van der Waals surface area contributed by atoms with E-state index in [2.05, 4.69) is 6.58 Å². The third-order valence-electron chi connectivity index (χ3n) is 3.39. The number of carbonyl (C=O) groups excluding carboxylic acids is 1. The van der Waals surface area contributed by atoms with Crippen molar-refractivity contribution in [2.45, 2.75) is 25.2 Å². The zero-order chi connectivity index (χ0) is 10.9. The summed E-state index contributed by atoms with van der Waals surface area (Å²) >= 11 is 0. The van der Waals surface area contributed by atoms with Crippen LogP contribution < -0.4 is 0 Å². The number of carbonyl (C=O) groups is 1. The molecule has 0 bridgehead atoms. The van der Waals surface area contributed by atoms with Crippen LogP contribution in [-0.2, 0) is 10.2 Å². The molecule has 0 radical (unpaired) electrons. The zero-order valence-corrected chi connectivity index (χ0v) is 9.07. The Morgan fingerprint density at radius 1 is 1.47 bits per heavy atom. The van der Waals surface area contributed by atoms with Crippen molar-refractivity contribution in [3.63, 3.8) is 0 Å². The molecule has 15 heavy (non-hydrogen) atoms. The topological polar surface area (TPSA) is 17.1 Å².